The molecule has 2 amide bonds. The molecule has 1 atom stereocenters. The quantitative estimate of drug-likeness (QED) is 0.551. The van der Waals surface area contributed by atoms with Gasteiger partial charge in [0.15, 0.2) is 11.5 Å². The molecule has 0 aliphatic rings. The minimum Gasteiger partial charge on any atom is -0.480 e. The molecule has 9 heteroatoms. The minimum atomic E-state index is -1.09. The summed E-state index contributed by atoms with van der Waals surface area (Å²) in [6.07, 6.45) is 2.12. The topological polar surface area (TPSA) is 126 Å². The predicted molar refractivity (Wildman–Crippen MR) is 111 cm³/mol. The van der Waals surface area contributed by atoms with Gasteiger partial charge in [0.1, 0.15) is 6.04 Å². The van der Waals surface area contributed by atoms with Crippen LogP contribution in [0.4, 0.5) is 5.69 Å². The van der Waals surface area contributed by atoms with Gasteiger partial charge in [-0.15, -0.1) is 10.2 Å². The Balaban J connectivity index is 1.91. The van der Waals surface area contributed by atoms with E-state index in [2.05, 4.69) is 20.8 Å². The summed E-state index contributed by atoms with van der Waals surface area (Å²) in [4.78, 5) is 35.6. The summed E-state index contributed by atoms with van der Waals surface area (Å²) in [5, 5.41) is 23.0. The predicted octanol–water partition coefficient (Wildman–Crippen LogP) is 2.58. The molecule has 2 heterocycles. The van der Waals surface area contributed by atoms with E-state index in [-0.39, 0.29) is 17.4 Å². The number of nitrogens with one attached hydrogen (secondary N) is 2. The number of benzene rings is 1. The molecule has 1 unspecified atom stereocenters. The molecule has 0 fully saturated rings. The van der Waals surface area contributed by atoms with E-state index in [0.717, 1.165) is 5.56 Å². The van der Waals surface area contributed by atoms with Gasteiger partial charge in [-0.05, 0) is 42.3 Å². The van der Waals surface area contributed by atoms with Crippen molar-refractivity contribution >= 4 is 29.1 Å². The van der Waals surface area contributed by atoms with Gasteiger partial charge in [0.25, 0.3) is 5.91 Å². The summed E-state index contributed by atoms with van der Waals surface area (Å²) >= 11 is 0. The van der Waals surface area contributed by atoms with Crippen LogP contribution in [0.15, 0.2) is 42.6 Å². The molecule has 3 N–H and O–H groups in total. The molecule has 0 aliphatic heterocycles. The van der Waals surface area contributed by atoms with Crippen molar-refractivity contribution in [3.63, 3.8) is 0 Å². The molecule has 9 nitrogen and oxygen atoms in total. The lowest BCUT2D eigenvalue weighted by Crippen LogP contribution is -2.44. The fourth-order valence-electron chi connectivity index (χ4n) is 2.97. The first-order valence-electron chi connectivity index (χ1n) is 9.59. The maximum Gasteiger partial charge on any atom is 0.326 e. The van der Waals surface area contributed by atoms with E-state index in [4.69, 9.17) is 0 Å². The molecule has 0 radical (unpaired) electrons. The monoisotopic (exact) mass is 409 g/mol. The van der Waals surface area contributed by atoms with Gasteiger partial charge >= 0.3 is 5.97 Å². The van der Waals surface area contributed by atoms with E-state index in [1.54, 1.807) is 67.8 Å². The highest BCUT2D eigenvalue weighted by Crippen LogP contribution is 2.22. The first-order valence-corrected chi connectivity index (χ1v) is 9.59. The molecule has 156 valence electrons. The van der Waals surface area contributed by atoms with Gasteiger partial charge in [-0.25, -0.2) is 4.79 Å². The van der Waals surface area contributed by atoms with Crippen molar-refractivity contribution in [3.05, 3.63) is 48.2 Å². The standard InChI is InChI=1S/C21H23N5O4/c1-4-16(27)22-14-9-7-13(8-10-14)18-24-25-19-15(6-5-11-26(18)19)20(28)23-17(12(2)3)21(29)30/h5-12,17H,4H2,1-3H3,(H,22,27)(H,23,28)(H,29,30). The first-order chi connectivity index (χ1) is 14.3. The number of aliphatic carboxylic acids is 1. The molecule has 0 saturated heterocycles. The van der Waals surface area contributed by atoms with E-state index < -0.39 is 17.9 Å². The number of pyridine rings is 1. The zero-order valence-corrected chi connectivity index (χ0v) is 16.9. The first kappa shape index (κ1) is 21.0. The third-order valence-corrected chi connectivity index (χ3v) is 4.65. The molecule has 0 bridgehead atoms. The number of carboxylic acids is 1. The Bertz CT molecular complexity index is 1090. The highest BCUT2D eigenvalue weighted by Gasteiger charge is 2.25. The molecular weight excluding hydrogens is 386 g/mol. The van der Waals surface area contributed by atoms with Gasteiger partial charge in [-0.3, -0.25) is 14.0 Å². The Hall–Kier alpha value is -3.75. The summed E-state index contributed by atoms with van der Waals surface area (Å²) in [5.74, 6) is -1.45. The normalized spacial score (nSPS) is 12.0. The highest BCUT2D eigenvalue weighted by atomic mass is 16.4. The number of amides is 2. The number of aromatic nitrogens is 3. The summed E-state index contributed by atoms with van der Waals surface area (Å²) < 4.78 is 1.67. The van der Waals surface area contributed by atoms with Crippen LogP contribution in [-0.4, -0.2) is 43.5 Å². The average Bonchev–Trinajstić information content (AvgIpc) is 3.16. The van der Waals surface area contributed by atoms with Crippen molar-refractivity contribution < 1.29 is 19.5 Å². The summed E-state index contributed by atoms with van der Waals surface area (Å²) in [6, 6.07) is 9.37. The van der Waals surface area contributed by atoms with Crippen LogP contribution in [0.3, 0.4) is 0 Å². The van der Waals surface area contributed by atoms with E-state index in [1.807, 2.05) is 0 Å². The van der Waals surface area contributed by atoms with E-state index >= 15 is 0 Å². The summed E-state index contributed by atoms with van der Waals surface area (Å²) in [6.45, 7) is 5.22. The number of hydrogen-bond donors (Lipinski definition) is 3. The van der Waals surface area contributed by atoms with Gasteiger partial charge in [0.2, 0.25) is 5.91 Å². The fourth-order valence-corrected chi connectivity index (χ4v) is 2.97. The number of hydrogen-bond acceptors (Lipinski definition) is 5. The molecule has 0 spiro atoms. The number of rotatable bonds is 7. The molecule has 1 aromatic carbocycles. The lowest BCUT2D eigenvalue weighted by molar-refractivity contribution is -0.140. The van der Waals surface area contributed by atoms with Crippen LogP contribution in [0, 0.1) is 5.92 Å². The van der Waals surface area contributed by atoms with Crippen molar-refractivity contribution in [1.82, 2.24) is 19.9 Å². The number of fused-ring (bicyclic) bond motifs is 1. The van der Waals surface area contributed by atoms with Crippen LogP contribution >= 0.6 is 0 Å². The van der Waals surface area contributed by atoms with Crippen molar-refractivity contribution in [2.45, 2.75) is 33.2 Å². The van der Waals surface area contributed by atoms with Crippen LogP contribution in [0.5, 0.6) is 0 Å². The third kappa shape index (κ3) is 4.29. The molecule has 0 aliphatic carbocycles. The molecule has 30 heavy (non-hydrogen) atoms. The zero-order chi connectivity index (χ0) is 21.8. The van der Waals surface area contributed by atoms with E-state index in [1.165, 1.54) is 0 Å². The average molecular weight is 409 g/mol. The smallest absolute Gasteiger partial charge is 0.326 e. The van der Waals surface area contributed by atoms with E-state index in [9.17, 15) is 19.5 Å². The Kier molecular flexibility index (Phi) is 6.10. The molecular formula is C21H23N5O4. The Labute approximate surface area is 173 Å². The van der Waals surface area contributed by atoms with Crippen LogP contribution < -0.4 is 10.6 Å². The van der Waals surface area contributed by atoms with Crippen LogP contribution in [0.1, 0.15) is 37.6 Å². The third-order valence-electron chi connectivity index (χ3n) is 4.65. The molecule has 3 rings (SSSR count). The number of nitrogens with zero attached hydrogens (tertiary/aromatic N) is 3. The summed E-state index contributed by atoms with van der Waals surface area (Å²) in [5.41, 5.74) is 1.98. The fraction of sp³-hybridized carbons (Fsp3) is 0.286. The number of anilines is 1. The lowest BCUT2D eigenvalue weighted by Gasteiger charge is -2.17. The number of carboxylic acid groups (broad SMARTS) is 1. The minimum absolute atomic E-state index is 0.0765. The Morgan fingerprint density at radius 3 is 2.40 bits per heavy atom. The van der Waals surface area contributed by atoms with Gasteiger partial charge in [-0.1, -0.05) is 20.8 Å². The van der Waals surface area contributed by atoms with Gasteiger partial charge < -0.3 is 15.7 Å². The summed E-state index contributed by atoms with van der Waals surface area (Å²) in [7, 11) is 0. The maximum absolute atomic E-state index is 12.7. The van der Waals surface area contributed by atoms with Crippen molar-refractivity contribution in [2.24, 2.45) is 5.92 Å². The molecule has 2 aromatic heterocycles. The van der Waals surface area contributed by atoms with Gasteiger partial charge in [0, 0.05) is 23.9 Å². The van der Waals surface area contributed by atoms with Crippen LogP contribution in [0.25, 0.3) is 17.0 Å². The Morgan fingerprint density at radius 2 is 1.80 bits per heavy atom. The molecule has 3 aromatic rings. The van der Waals surface area contributed by atoms with Crippen molar-refractivity contribution in [3.8, 4) is 11.4 Å². The second kappa shape index (κ2) is 8.73. The van der Waals surface area contributed by atoms with Gasteiger partial charge in [-0.2, -0.15) is 0 Å². The van der Waals surface area contributed by atoms with E-state index in [0.29, 0.717) is 23.6 Å². The zero-order valence-electron chi connectivity index (χ0n) is 16.9. The second-order valence-electron chi connectivity index (χ2n) is 7.15. The number of carbonyl (C=O) groups excluding carboxylic acids is 2. The van der Waals surface area contributed by atoms with Crippen molar-refractivity contribution in [2.75, 3.05) is 5.32 Å². The highest BCUT2D eigenvalue weighted by molar-refractivity contribution is 6.01. The SMILES string of the molecule is CCC(=O)Nc1ccc(-c2nnc3c(C(=O)NC(C(=O)O)C(C)C)cccn23)cc1. The maximum atomic E-state index is 12.7. The molecule has 0 saturated carbocycles. The van der Waals surface area contributed by atoms with Crippen molar-refractivity contribution in [1.29, 1.82) is 0 Å². The van der Waals surface area contributed by atoms with Crippen LogP contribution in [0.2, 0.25) is 0 Å². The number of carbonyl (C=O) groups is 3. The largest absolute Gasteiger partial charge is 0.480 e. The lowest BCUT2D eigenvalue weighted by atomic mass is 10.0. The Morgan fingerprint density at radius 1 is 1.10 bits per heavy atom. The second-order valence-corrected chi connectivity index (χ2v) is 7.15. The van der Waals surface area contributed by atoms with Crippen LogP contribution in [-0.2, 0) is 9.59 Å². The van der Waals surface area contributed by atoms with Gasteiger partial charge in [0.05, 0.1) is 5.56 Å².